The number of hydrogen-bond acceptors (Lipinski definition) is 10. The Balaban J connectivity index is 1.63. The normalized spacial score (nSPS) is 19.0. The van der Waals surface area contributed by atoms with Gasteiger partial charge in [-0.05, 0) is 36.8 Å². The molecule has 1 heterocycles. The summed E-state index contributed by atoms with van der Waals surface area (Å²) in [6.45, 7) is 0.199. The number of aliphatic hydroxyl groups excluding tert-OH is 1. The highest BCUT2D eigenvalue weighted by Crippen LogP contribution is 2.33. The number of alkyl carbamates (subject to hydrolysis) is 1. The second-order valence-corrected chi connectivity index (χ2v) is 12.4. The van der Waals surface area contributed by atoms with Crippen molar-refractivity contribution in [3.63, 3.8) is 0 Å². The number of rotatable bonds is 13. The Morgan fingerprint density at radius 2 is 1.81 bits per heavy atom. The Labute approximate surface area is 243 Å². The maximum absolute atomic E-state index is 13.9. The fraction of sp³-hybridized carbons (Fsp3) is 0.519. The molecule has 42 heavy (non-hydrogen) atoms. The molecule has 0 radical (unpaired) electrons. The van der Waals surface area contributed by atoms with Crippen LogP contribution in [0.2, 0.25) is 0 Å². The SMILES string of the molecule is O=C(N[C@@H](Cc1ccccc1)[C@H](O)CN(CC1CCCC1)S(=O)(=O)c1ccc([N+](=O)[O-])cc1[N+](=O)[O-])O[C@@H]1CCOC1. The molecule has 1 aliphatic carbocycles. The second kappa shape index (κ2) is 14.0. The van der Waals surface area contributed by atoms with Crippen LogP contribution in [0.3, 0.4) is 0 Å². The van der Waals surface area contributed by atoms with E-state index in [-0.39, 0.29) is 25.5 Å². The summed E-state index contributed by atoms with van der Waals surface area (Å²) in [4.78, 5) is 33.2. The molecular formula is C27H34N4O10S. The molecule has 14 nitrogen and oxygen atoms in total. The van der Waals surface area contributed by atoms with Gasteiger partial charge in [-0.15, -0.1) is 0 Å². The summed E-state index contributed by atoms with van der Waals surface area (Å²) in [5.41, 5.74) is -0.792. The van der Waals surface area contributed by atoms with Gasteiger partial charge in [-0.25, -0.2) is 13.2 Å². The lowest BCUT2D eigenvalue weighted by atomic mass is 10.0. The molecule has 1 aliphatic heterocycles. The van der Waals surface area contributed by atoms with Crippen molar-refractivity contribution < 1.29 is 37.6 Å². The molecule has 2 N–H and O–H groups in total. The van der Waals surface area contributed by atoms with Gasteiger partial charge >= 0.3 is 6.09 Å². The summed E-state index contributed by atoms with van der Waals surface area (Å²) in [6, 6.07) is 10.4. The lowest BCUT2D eigenvalue weighted by Gasteiger charge is -2.31. The van der Waals surface area contributed by atoms with Gasteiger partial charge in [0.2, 0.25) is 10.0 Å². The number of benzene rings is 2. The van der Waals surface area contributed by atoms with Crippen LogP contribution in [0.4, 0.5) is 16.2 Å². The van der Waals surface area contributed by atoms with Crippen LogP contribution < -0.4 is 5.32 Å². The van der Waals surface area contributed by atoms with Crippen LogP contribution in [0.1, 0.15) is 37.7 Å². The molecule has 228 valence electrons. The number of sulfonamides is 1. The van der Waals surface area contributed by atoms with E-state index in [1.807, 2.05) is 6.07 Å². The van der Waals surface area contributed by atoms with Gasteiger partial charge in [0, 0.05) is 25.6 Å². The third kappa shape index (κ3) is 8.00. The third-order valence-corrected chi connectivity index (χ3v) is 9.40. The lowest BCUT2D eigenvalue weighted by molar-refractivity contribution is -0.396. The number of hydrogen-bond donors (Lipinski definition) is 2. The van der Waals surface area contributed by atoms with E-state index in [9.17, 15) is 38.5 Å². The van der Waals surface area contributed by atoms with Crippen molar-refractivity contribution in [1.29, 1.82) is 0 Å². The molecular weight excluding hydrogens is 572 g/mol. The Hall–Kier alpha value is -3.66. The standard InChI is InChI=1S/C27H34N4O10S/c32-25(23(14-19-6-2-1-3-7-19)28-27(33)41-22-12-13-40-18-22)17-29(16-20-8-4-5-9-20)42(38,39)26-11-10-21(30(34)35)15-24(26)31(36)37/h1-3,6-7,10-11,15,20,22-23,25,32H,4-5,8-9,12-14,16-18H2,(H,28,33)/t22-,23+,25-/m1/s1. The van der Waals surface area contributed by atoms with Gasteiger partial charge in [0.1, 0.15) is 6.10 Å². The zero-order chi connectivity index (χ0) is 30.3. The second-order valence-electron chi connectivity index (χ2n) is 10.5. The predicted octanol–water partition coefficient (Wildman–Crippen LogP) is 3.17. The first kappa shape index (κ1) is 31.3. The van der Waals surface area contributed by atoms with Crippen LogP contribution in [0.5, 0.6) is 0 Å². The van der Waals surface area contributed by atoms with Crippen molar-refractivity contribution in [2.45, 2.75) is 61.7 Å². The number of aliphatic hydroxyl groups is 1. The molecule has 0 spiro atoms. The highest BCUT2D eigenvalue weighted by atomic mass is 32.2. The number of nitrogens with one attached hydrogen (secondary N) is 1. The Bertz CT molecular complexity index is 1360. The molecule has 2 aromatic carbocycles. The van der Waals surface area contributed by atoms with Crippen molar-refractivity contribution in [3.8, 4) is 0 Å². The number of carbonyl (C=O) groups excluding carboxylic acids is 1. The van der Waals surface area contributed by atoms with Crippen LogP contribution in [-0.4, -0.2) is 78.3 Å². The number of non-ortho nitro benzene ring substituents is 1. The first-order chi connectivity index (χ1) is 20.0. The molecule has 15 heteroatoms. The molecule has 0 aromatic heterocycles. The van der Waals surface area contributed by atoms with E-state index in [4.69, 9.17) is 9.47 Å². The van der Waals surface area contributed by atoms with Gasteiger partial charge in [0.25, 0.3) is 11.4 Å². The fourth-order valence-corrected chi connectivity index (χ4v) is 6.97. The van der Waals surface area contributed by atoms with Crippen LogP contribution in [0, 0.1) is 26.1 Å². The Kier molecular flexibility index (Phi) is 10.4. The molecule has 2 fully saturated rings. The summed E-state index contributed by atoms with van der Waals surface area (Å²) in [5, 5.41) is 37.1. The van der Waals surface area contributed by atoms with Crippen molar-refractivity contribution >= 4 is 27.5 Å². The van der Waals surface area contributed by atoms with E-state index in [0.717, 1.165) is 47.7 Å². The maximum Gasteiger partial charge on any atom is 0.407 e. The summed E-state index contributed by atoms with van der Waals surface area (Å²) in [7, 11) is -4.61. The van der Waals surface area contributed by atoms with Gasteiger partial charge in [-0.1, -0.05) is 43.2 Å². The summed E-state index contributed by atoms with van der Waals surface area (Å²) in [5.74, 6) is -0.0445. The van der Waals surface area contributed by atoms with Crippen LogP contribution in [0.25, 0.3) is 0 Å². The van der Waals surface area contributed by atoms with Crippen molar-refractivity contribution in [2.75, 3.05) is 26.3 Å². The number of amides is 1. The average Bonchev–Trinajstić information content (AvgIpc) is 3.67. The van der Waals surface area contributed by atoms with Crippen LogP contribution in [-0.2, 0) is 25.9 Å². The molecule has 1 saturated carbocycles. The predicted molar refractivity (Wildman–Crippen MR) is 149 cm³/mol. The zero-order valence-electron chi connectivity index (χ0n) is 22.9. The molecule has 1 amide bonds. The Morgan fingerprint density at radius 3 is 2.43 bits per heavy atom. The number of nitrogens with zero attached hydrogens (tertiary/aromatic N) is 3. The lowest BCUT2D eigenvalue weighted by Crippen LogP contribution is -2.51. The topological polar surface area (TPSA) is 191 Å². The summed E-state index contributed by atoms with van der Waals surface area (Å²) >= 11 is 0. The smallest absolute Gasteiger partial charge is 0.407 e. The van der Waals surface area contributed by atoms with E-state index >= 15 is 0 Å². The van der Waals surface area contributed by atoms with Gasteiger partial charge in [-0.2, -0.15) is 4.31 Å². The first-order valence-electron chi connectivity index (χ1n) is 13.7. The van der Waals surface area contributed by atoms with Gasteiger partial charge in [0.15, 0.2) is 4.90 Å². The molecule has 1 saturated heterocycles. The van der Waals surface area contributed by atoms with Crippen LogP contribution >= 0.6 is 0 Å². The molecule has 4 rings (SSSR count). The largest absolute Gasteiger partial charge is 0.444 e. The van der Waals surface area contributed by atoms with E-state index in [1.54, 1.807) is 24.3 Å². The molecule has 3 atom stereocenters. The molecule has 2 aromatic rings. The number of ether oxygens (including phenoxy) is 2. The number of nitro benzene ring substituents is 2. The molecule has 0 bridgehead atoms. The van der Waals surface area contributed by atoms with E-state index < -0.39 is 67.0 Å². The van der Waals surface area contributed by atoms with Gasteiger partial charge in [0.05, 0.1) is 41.3 Å². The highest BCUT2D eigenvalue weighted by molar-refractivity contribution is 7.89. The van der Waals surface area contributed by atoms with E-state index in [2.05, 4.69) is 5.32 Å². The highest BCUT2D eigenvalue weighted by Gasteiger charge is 2.38. The zero-order valence-corrected chi connectivity index (χ0v) is 23.7. The monoisotopic (exact) mass is 606 g/mol. The average molecular weight is 607 g/mol. The summed E-state index contributed by atoms with van der Waals surface area (Å²) < 4.78 is 39.4. The van der Waals surface area contributed by atoms with Gasteiger partial charge in [-0.3, -0.25) is 20.2 Å². The maximum atomic E-state index is 13.9. The van der Waals surface area contributed by atoms with Crippen LogP contribution in [0.15, 0.2) is 53.4 Å². The molecule has 2 aliphatic rings. The van der Waals surface area contributed by atoms with Crippen molar-refractivity contribution in [2.24, 2.45) is 5.92 Å². The van der Waals surface area contributed by atoms with Crippen molar-refractivity contribution in [1.82, 2.24) is 9.62 Å². The summed E-state index contributed by atoms with van der Waals surface area (Å²) in [6.07, 6.45) is 1.28. The third-order valence-electron chi connectivity index (χ3n) is 7.52. The van der Waals surface area contributed by atoms with Crippen molar-refractivity contribution in [3.05, 3.63) is 74.3 Å². The minimum atomic E-state index is -4.61. The van der Waals surface area contributed by atoms with E-state index in [1.165, 1.54) is 0 Å². The minimum absolute atomic E-state index is 0.0184. The number of carbonyl (C=O) groups is 1. The first-order valence-corrected chi connectivity index (χ1v) is 15.2. The minimum Gasteiger partial charge on any atom is -0.444 e. The van der Waals surface area contributed by atoms with E-state index in [0.29, 0.717) is 19.1 Å². The number of nitro groups is 2. The quantitative estimate of drug-likeness (QED) is 0.253. The van der Waals surface area contributed by atoms with Gasteiger partial charge < -0.3 is 19.9 Å². The fourth-order valence-electron chi connectivity index (χ4n) is 5.30. The molecule has 0 unspecified atom stereocenters. The Morgan fingerprint density at radius 1 is 1.10 bits per heavy atom.